The Balaban J connectivity index is 1.40. The van der Waals surface area contributed by atoms with Crippen molar-refractivity contribution in [1.29, 1.82) is 5.26 Å². The van der Waals surface area contributed by atoms with Crippen molar-refractivity contribution in [2.75, 3.05) is 46.4 Å². The van der Waals surface area contributed by atoms with Gasteiger partial charge in [-0.05, 0) is 48.7 Å². The molecule has 7 nitrogen and oxygen atoms in total. The number of likely N-dealkylation sites (N-methyl/N-ethyl adjacent to an activating group) is 1. The summed E-state index contributed by atoms with van der Waals surface area (Å²) in [4.78, 5) is 17.1. The van der Waals surface area contributed by atoms with Gasteiger partial charge in [0.1, 0.15) is 17.7 Å². The molecule has 4 rings (SSSR count). The molecule has 2 heterocycles. The van der Waals surface area contributed by atoms with Crippen LogP contribution in [0.5, 0.6) is 0 Å². The lowest BCUT2D eigenvalue weighted by molar-refractivity contribution is -0.130. The van der Waals surface area contributed by atoms with E-state index in [4.69, 9.17) is 10.5 Å². The number of carbonyl (C=O) groups excluding carboxylic acids is 1. The van der Waals surface area contributed by atoms with E-state index in [2.05, 4.69) is 22.2 Å². The smallest absolute Gasteiger partial charge is 0.241 e. The highest BCUT2D eigenvalue weighted by atomic mass is 19.1. The minimum Gasteiger partial charge on any atom is -0.381 e. The van der Waals surface area contributed by atoms with Crippen LogP contribution in [0, 0.1) is 23.0 Å². The molecule has 0 saturated carbocycles. The first-order chi connectivity index (χ1) is 17.3. The van der Waals surface area contributed by atoms with Crippen LogP contribution in [0.2, 0.25) is 0 Å². The van der Waals surface area contributed by atoms with Gasteiger partial charge >= 0.3 is 0 Å². The Morgan fingerprint density at radius 3 is 2.22 bits per heavy atom. The highest BCUT2D eigenvalue weighted by Gasteiger charge is 2.37. The molecule has 2 aromatic rings. The second-order valence-electron chi connectivity index (χ2n) is 9.82. The quantitative estimate of drug-likeness (QED) is 0.610. The van der Waals surface area contributed by atoms with E-state index in [1.54, 1.807) is 24.3 Å². The molecule has 0 unspecified atom stereocenters. The van der Waals surface area contributed by atoms with Crippen LogP contribution in [0.25, 0.3) is 11.1 Å². The molecule has 0 spiro atoms. The van der Waals surface area contributed by atoms with Crippen molar-refractivity contribution in [2.24, 2.45) is 5.73 Å². The van der Waals surface area contributed by atoms with Gasteiger partial charge < -0.3 is 20.7 Å². The van der Waals surface area contributed by atoms with Gasteiger partial charge in [0.05, 0.1) is 11.6 Å². The van der Waals surface area contributed by atoms with E-state index < -0.39 is 23.3 Å². The lowest BCUT2D eigenvalue weighted by atomic mass is 9.90. The zero-order valence-electron chi connectivity index (χ0n) is 20.6. The van der Waals surface area contributed by atoms with Crippen LogP contribution in [0.1, 0.15) is 24.0 Å². The number of carbonyl (C=O) groups is 1. The first-order valence-electron chi connectivity index (χ1n) is 12.3. The van der Waals surface area contributed by atoms with Crippen molar-refractivity contribution < 1.29 is 18.3 Å². The summed E-state index contributed by atoms with van der Waals surface area (Å²) in [6.45, 7) is 5.03. The van der Waals surface area contributed by atoms with E-state index in [0.29, 0.717) is 49.3 Å². The monoisotopic (exact) mass is 497 g/mol. The third-order valence-electron chi connectivity index (χ3n) is 7.15. The predicted octanol–water partition coefficient (Wildman–Crippen LogP) is 2.44. The molecule has 2 aromatic carbocycles. The molecule has 0 bridgehead atoms. The first-order valence-corrected chi connectivity index (χ1v) is 12.3. The highest BCUT2D eigenvalue weighted by Crippen LogP contribution is 2.26. The van der Waals surface area contributed by atoms with Crippen LogP contribution in [0.4, 0.5) is 8.78 Å². The number of nitrogens with two attached hydrogens (primary N) is 1. The number of benzene rings is 2. The number of ether oxygens (including phenoxy) is 1. The topological polar surface area (TPSA) is 94.6 Å². The molecule has 2 aliphatic heterocycles. The molecule has 192 valence electrons. The van der Waals surface area contributed by atoms with E-state index in [9.17, 15) is 18.8 Å². The number of piperazine rings is 1. The van der Waals surface area contributed by atoms with Crippen molar-refractivity contribution >= 4 is 5.91 Å². The lowest BCUT2D eigenvalue weighted by Gasteiger charge is -2.32. The molecule has 0 radical (unpaired) electrons. The Bertz CT molecular complexity index is 1120. The third-order valence-corrected chi connectivity index (χ3v) is 7.15. The number of amides is 1. The van der Waals surface area contributed by atoms with E-state index in [1.807, 2.05) is 6.07 Å². The minimum absolute atomic E-state index is 0.000739. The second kappa shape index (κ2) is 11.4. The maximum absolute atomic E-state index is 15.0. The summed E-state index contributed by atoms with van der Waals surface area (Å²) in [7, 11) is 2.08. The molecule has 9 heteroatoms. The summed E-state index contributed by atoms with van der Waals surface area (Å²) in [6.07, 6.45) is 0.731. The Labute approximate surface area is 210 Å². The van der Waals surface area contributed by atoms with Crippen LogP contribution in [-0.2, 0) is 22.5 Å². The Kier molecular flexibility index (Phi) is 8.32. The minimum atomic E-state index is -1.09. The third kappa shape index (κ3) is 6.26. The fourth-order valence-electron chi connectivity index (χ4n) is 4.61. The summed E-state index contributed by atoms with van der Waals surface area (Å²) < 4.78 is 35.1. The zero-order valence-corrected chi connectivity index (χ0v) is 20.6. The van der Waals surface area contributed by atoms with Crippen LogP contribution in [-0.4, -0.2) is 73.7 Å². The molecule has 2 aliphatic rings. The van der Waals surface area contributed by atoms with Gasteiger partial charge in [0.2, 0.25) is 5.91 Å². The number of hydrogen-bond acceptors (Lipinski definition) is 6. The van der Waals surface area contributed by atoms with Gasteiger partial charge in [-0.3, -0.25) is 9.69 Å². The van der Waals surface area contributed by atoms with Crippen LogP contribution >= 0.6 is 0 Å². The zero-order chi connectivity index (χ0) is 25.7. The average Bonchev–Trinajstić information content (AvgIpc) is 2.87. The van der Waals surface area contributed by atoms with Gasteiger partial charge in [0.25, 0.3) is 0 Å². The lowest BCUT2D eigenvalue weighted by Crippen LogP contribution is -2.58. The second-order valence-corrected chi connectivity index (χ2v) is 9.82. The van der Waals surface area contributed by atoms with Gasteiger partial charge in [0.15, 0.2) is 0 Å². The molecule has 0 aliphatic carbocycles. The normalized spacial score (nSPS) is 19.4. The molecule has 1 atom stereocenters. The van der Waals surface area contributed by atoms with Gasteiger partial charge in [-0.2, -0.15) is 5.26 Å². The standard InChI is InChI=1S/C27H33F2N5O2/c1-33-8-10-34(11-9-33)18-22-5-3-20(16-25(22)29)19-2-4-21(24(28)15-19)14-23(17-30)32-26(35)27(31)6-12-36-13-7-27/h2-5,15-16,23H,6-14,18,31H2,1H3,(H,32,35)/t23-/m0/s1. The molecular formula is C27H33F2N5O2. The molecule has 2 fully saturated rings. The van der Waals surface area contributed by atoms with Gasteiger partial charge in [-0.25, -0.2) is 8.78 Å². The molecule has 36 heavy (non-hydrogen) atoms. The number of hydrogen-bond donors (Lipinski definition) is 2. The predicted molar refractivity (Wildman–Crippen MR) is 133 cm³/mol. The SMILES string of the molecule is CN1CCN(Cc2ccc(-c3ccc(C[C@@H](C#N)NC(=O)C4(N)CCOCC4)c(F)c3)cc2F)CC1. The van der Waals surface area contributed by atoms with Crippen molar-refractivity contribution in [1.82, 2.24) is 15.1 Å². The number of halogens is 2. The molecule has 0 aromatic heterocycles. The Morgan fingerprint density at radius 1 is 1.08 bits per heavy atom. The van der Waals surface area contributed by atoms with E-state index in [-0.39, 0.29) is 17.8 Å². The van der Waals surface area contributed by atoms with Crippen molar-refractivity contribution in [3.8, 4) is 17.2 Å². The van der Waals surface area contributed by atoms with Crippen LogP contribution < -0.4 is 11.1 Å². The summed E-state index contributed by atoms with van der Waals surface area (Å²) in [5.41, 5.74) is 7.13. The van der Waals surface area contributed by atoms with Gasteiger partial charge in [-0.1, -0.05) is 24.3 Å². The van der Waals surface area contributed by atoms with Crippen LogP contribution in [0.15, 0.2) is 36.4 Å². The molecule has 1 amide bonds. The summed E-state index contributed by atoms with van der Waals surface area (Å²) in [5.74, 6) is -1.26. The van der Waals surface area contributed by atoms with Crippen molar-refractivity contribution in [3.63, 3.8) is 0 Å². The van der Waals surface area contributed by atoms with E-state index in [1.165, 1.54) is 12.1 Å². The Hall–Kier alpha value is -2.90. The average molecular weight is 498 g/mol. The fraction of sp³-hybridized carbons (Fsp3) is 0.481. The summed E-state index contributed by atoms with van der Waals surface area (Å²) in [6, 6.07) is 10.7. The number of nitrogens with zero attached hydrogens (tertiary/aromatic N) is 3. The number of rotatable bonds is 7. The Morgan fingerprint density at radius 2 is 1.67 bits per heavy atom. The molecular weight excluding hydrogens is 464 g/mol. The maximum atomic E-state index is 15.0. The summed E-state index contributed by atoms with van der Waals surface area (Å²) in [5, 5.41) is 12.2. The fourth-order valence-corrected chi connectivity index (χ4v) is 4.61. The van der Waals surface area contributed by atoms with Crippen molar-refractivity contribution in [2.45, 2.75) is 37.4 Å². The molecule has 3 N–H and O–H groups in total. The van der Waals surface area contributed by atoms with Gasteiger partial charge in [0, 0.05) is 57.9 Å². The summed E-state index contributed by atoms with van der Waals surface area (Å²) >= 11 is 0. The molecule has 2 saturated heterocycles. The number of nitriles is 1. The maximum Gasteiger partial charge on any atom is 0.241 e. The van der Waals surface area contributed by atoms with Crippen LogP contribution in [0.3, 0.4) is 0 Å². The van der Waals surface area contributed by atoms with Crippen molar-refractivity contribution in [3.05, 3.63) is 59.2 Å². The van der Waals surface area contributed by atoms with E-state index >= 15 is 0 Å². The first kappa shape index (κ1) is 26.2. The van der Waals surface area contributed by atoms with E-state index in [0.717, 1.165) is 26.2 Å². The number of nitrogens with one attached hydrogen (secondary N) is 1. The largest absolute Gasteiger partial charge is 0.381 e. The highest BCUT2D eigenvalue weighted by molar-refractivity contribution is 5.86. The van der Waals surface area contributed by atoms with Gasteiger partial charge in [-0.15, -0.1) is 0 Å².